The fourth-order valence-corrected chi connectivity index (χ4v) is 5.90. The molecule has 0 aromatic heterocycles. The molecule has 0 aromatic rings. The minimum Gasteiger partial charge on any atom is -0.465 e. The van der Waals surface area contributed by atoms with Gasteiger partial charge in [0.2, 0.25) is 0 Å². The van der Waals surface area contributed by atoms with Crippen LogP contribution in [0.15, 0.2) is 0 Å². The second-order valence-corrected chi connectivity index (χ2v) is 13.0. The van der Waals surface area contributed by atoms with Gasteiger partial charge in [-0.05, 0) is 12.8 Å². The lowest BCUT2D eigenvalue weighted by Gasteiger charge is -2.13. The largest absolute Gasteiger partial charge is 0.465 e. The van der Waals surface area contributed by atoms with E-state index in [0.717, 1.165) is 38.5 Å². The molecule has 0 spiro atoms. The van der Waals surface area contributed by atoms with Gasteiger partial charge in [0.1, 0.15) is 0 Å². The summed E-state index contributed by atoms with van der Waals surface area (Å²) >= 11 is 0. The van der Waals surface area contributed by atoms with Crippen LogP contribution < -0.4 is 0 Å². The van der Waals surface area contributed by atoms with Crippen molar-refractivity contribution in [1.29, 1.82) is 0 Å². The molecule has 0 saturated carbocycles. The van der Waals surface area contributed by atoms with E-state index in [0.29, 0.717) is 6.42 Å². The van der Waals surface area contributed by atoms with E-state index in [4.69, 9.17) is 4.74 Å². The van der Waals surface area contributed by atoms with Gasteiger partial charge in [-0.2, -0.15) is 8.42 Å². The van der Waals surface area contributed by atoms with Crippen molar-refractivity contribution in [3.63, 3.8) is 0 Å². The van der Waals surface area contributed by atoms with E-state index in [1.54, 1.807) is 0 Å². The average molecular weight is 561 g/mol. The van der Waals surface area contributed by atoms with Gasteiger partial charge in [0, 0.05) is 0 Å². The van der Waals surface area contributed by atoms with Gasteiger partial charge in [0.15, 0.2) is 5.25 Å². The summed E-state index contributed by atoms with van der Waals surface area (Å²) in [4.78, 5) is 12.3. The number of ether oxygens (including phenoxy) is 1. The maximum atomic E-state index is 12.3. The van der Waals surface area contributed by atoms with Gasteiger partial charge in [-0.15, -0.1) is 0 Å². The standard InChI is InChI=1S/C32H64O5S/c1-3-5-7-9-11-13-15-16-17-18-19-20-22-24-26-28-30-37-32(33)31(38(34,35)36)29-27-25-23-21-14-12-10-8-6-4-2/h31H,3-30H2,1-2H3,(H,34,35,36). The van der Waals surface area contributed by atoms with Crippen LogP contribution in [-0.4, -0.2) is 30.8 Å². The van der Waals surface area contributed by atoms with E-state index in [2.05, 4.69) is 13.8 Å². The zero-order valence-corrected chi connectivity index (χ0v) is 26.2. The quantitative estimate of drug-likeness (QED) is 0.0537. The molecule has 0 fully saturated rings. The second kappa shape index (κ2) is 27.9. The van der Waals surface area contributed by atoms with Crippen LogP contribution in [0.3, 0.4) is 0 Å². The predicted octanol–water partition coefficient (Wildman–Crippen LogP) is 10.4. The van der Waals surface area contributed by atoms with E-state index in [9.17, 15) is 17.8 Å². The molecule has 1 atom stereocenters. The third-order valence-corrected chi connectivity index (χ3v) is 8.83. The third kappa shape index (κ3) is 25.6. The van der Waals surface area contributed by atoms with Gasteiger partial charge in [0.25, 0.3) is 10.1 Å². The van der Waals surface area contributed by atoms with Crippen LogP contribution in [0.4, 0.5) is 0 Å². The van der Waals surface area contributed by atoms with Crippen LogP contribution in [-0.2, 0) is 19.6 Å². The smallest absolute Gasteiger partial charge is 0.326 e. The fourth-order valence-electron chi connectivity index (χ4n) is 5.12. The van der Waals surface area contributed by atoms with Gasteiger partial charge in [-0.3, -0.25) is 9.35 Å². The molecule has 5 nitrogen and oxygen atoms in total. The molecule has 0 radical (unpaired) electrons. The molecule has 1 N–H and O–H groups in total. The van der Waals surface area contributed by atoms with Crippen molar-refractivity contribution in [2.45, 2.75) is 192 Å². The fraction of sp³-hybridized carbons (Fsp3) is 0.969. The summed E-state index contributed by atoms with van der Waals surface area (Å²) in [6.07, 6.45) is 31.9. The number of hydrogen-bond donors (Lipinski definition) is 1. The molecule has 0 aliphatic heterocycles. The Morgan fingerprint density at radius 3 is 1.13 bits per heavy atom. The average Bonchev–Trinajstić information content (AvgIpc) is 2.88. The lowest BCUT2D eigenvalue weighted by atomic mass is 10.0. The Balaban J connectivity index is 3.65. The molecule has 228 valence electrons. The molecular formula is C32H64O5S. The molecule has 0 amide bonds. The molecular weight excluding hydrogens is 496 g/mol. The Morgan fingerprint density at radius 2 is 0.816 bits per heavy atom. The summed E-state index contributed by atoms with van der Waals surface area (Å²) in [5.41, 5.74) is 0. The maximum Gasteiger partial charge on any atom is 0.326 e. The minimum atomic E-state index is -4.42. The maximum absolute atomic E-state index is 12.3. The highest BCUT2D eigenvalue weighted by Crippen LogP contribution is 2.17. The zero-order valence-electron chi connectivity index (χ0n) is 25.4. The van der Waals surface area contributed by atoms with Crippen molar-refractivity contribution < 1.29 is 22.5 Å². The molecule has 0 heterocycles. The molecule has 0 aliphatic rings. The van der Waals surface area contributed by atoms with Crippen LogP contribution >= 0.6 is 0 Å². The lowest BCUT2D eigenvalue weighted by molar-refractivity contribution is -0.143. The van der Waals surface area contributed by atoms with Crippen LogP contribution in [0.5, 0.6) is 0 Å². The highest BCUT2D eigenvalue weighted by molar-refractivity contribution is 7.87. The number of hydrogen-bond acceptors (Lipinski definition) is 4. The van der Waals surface area contributed by atoms with E-state index < -0.39 is 21.3 Å². The highest BCUT2D eigenvalue weighted by Gasteiger charge is 2.31. The van der Waals surface area contributed by atoms with Crippen LogP contribution in [0, 0.1) is 0 Å². The first kappa shape index (κ1) is 37.4. The van der Waals surface area contributed by atoms with Crippen molar-refractivity contribution in [3.8, 4) is 0 Å². The van der Waals surface area contributed by atoms with Gasteiger partial charge in [-0.25, -0.2) is 0 Å². The lowest BCUT2D eigenvalue weighted by Crippen LogP contribution is -2.32. The Morgan fingerprint density at radius 1 is 0.526 bits per heavy atom. The summed E-state index contributed by atoms with van der Waals surface area (Å²) < 4.78 is 38.1. The first-order valence-electron chi connectivity index (χ1n) is 16.6. The van der Waals surface area contributed by atoms with Crippen molar-refractivity contribution in [3.05, 3.63) is 0 Å². The van der Waals surface area contributed by atoms with E-state index in [1.165, 1.54) is 122 Å². The number of esters is 1. The highest BCUT2D eigenvalue weighted by atomic mass is 32.2. The first-order chi connectivity index (χ1) is 18.4. The summed E-state index contributed by atoms with van der Waals surface area (Å²) in [7, 11) is -4.42. The van der Waals surface area contributed by atoms with Crippen LogP contribution in [0.25, 0.3) is 0 Å². The molecule has 0 aromatic carbocycles. The van der Waals surface area contributed by atoms with Gasteiger partial charge < -0.3 is 4.74 Å². The topological polar surface area (TPSA) is 80.7 Å². The Hall–Kier alpha value is -0.620. The van der Waals surface area contributed by atoms with Crippen molar-refractivity contribution in [2.75, 3.05) is 6.61 Å². The summed E-state index contributed by atoms with van der Waals surface area (Å²) in [5, 5.41) is -1.43. The summed E-state index contributed by atoms with van der Waals surface area (Å²) in [5.74, 6) is -0.788. The monoisotopic (exact) mass is 560 g/mol. The van der Waals surface area contributed by atoms with E-state index >= 15 is 0 Å². The van der Waals surface area contributed by atoms with E-state index in [1.807, 2.05) is 0 Å². The van der Waals surface area contributed by atoms with Crippen molar-refractivity contribution in [2.24, 2.45) is 0 Å². The van der Waals surface area contributed by atoms with Crippen LogP contribution in [0.2, 0.25) is 0 Å². The molecule has 6 heteroatoms. The molecule has 0 bridgehead atoms. The number of carbonyl (C=O) groups is 1. The Kier molecular flexibility index (Phi) is 27.5. The predicted molar refractivity (Wildman–Crippen MR) is 162 cm³/mol. The molecule has 0 aliphatic carbocycles. The molecule has 1 unspecified atom stereocenters. The van der Waals surface area contributed by atoms with Crippen molar-refractivity contribution >= 4 is 16.1 Å². The minimum absolute atomic E-state index is 0.146. The third-order valence-electron chi connectivity index (χ3n) is 7.68. The van der Waals surface area contributed by atoms with Gasteiger partial charge in [-0.1, -0.05) is 174 Å². The summed E-state index contributed by atoms with van der Waals surface area (Å²) in [6.45, 7) is 4.72. The molecule has 0 saturated heterocycles. The SMILES string of the molecule is CCCCCCCCCCCCCCCCCCOC(=O)C(CCCCCCCCCCCC)S(=O)(=O)O. The summed E-state index contributed by atoms with van der Waals surface area (Å²) in [6, 6.07) is 0. The second-order valence-electron chi connectivity index (χ2n) is 11.4. The number of unbranched alkanes of at least 4 members (excludes halogenated alkanes) is 24. The van der Waals surface area contributed by atoms with Gasteiger partial charge >= 0.3 is 5.97 Å². The Bertz CT molecular complexity index is 605. The number of rotatable bonds is 30. The zero-order chi connectivity index (χ0) is 28.2. The van der Waals surface area contributed by atoms with Gasteiger partial charge in [0.05, 0.1) is 6.61 Å². The number of carbonyl (C=O) groups excluding carboxylic acids is 1. The van der Waals surface area contributed by atoms with Crippen LogP contribution in [0.1, 0.15) is 187 Å². The van der Waals surface area contributed by atoms with E-state index in [-0.39, 0.29) is 13.0 Å². The first-order valence-corrected chi connectivity index (χ1v) is 18.1. The van der Waals surface area contributed by atoms with Crippen molar-refractivity contribution in [1.82, 2.24) is 0 Å². The molecule has 0 rings (SSSR count). The normalized spacial score (nSPS) is 12.6. The Labute approximate surface area is 237 Å². The molecule has 38 heavy (non-hydrogen) atoms.